The third-order valence-corrected chi connectivity index (χ3v) is 5.39. The highest BCUT2D eigenvalue weighted by molar-refractivity contribution is 5.83. The van der Waals surface area contributed by atoms with E-state index in [2.05, 4.69) is 6.92 Å². The van der Waals surface area contributed by atoms with Gasteiger partial charge in [0.25, 0.3) is 0 Å². The number of hydrogen-bond donors (Lipinski definition) is 0. The van der Waals surface area contributed by atoms with Crippen molar-refractivity contribution in [3.63, 3.8) is 0 Å². The van der Waals surface area contributed by atoms with Gasteiger partial charge < -0.3 is 0 Å². The van der Waals surface area contributed by atoms with Crippen LogP contribution < -0.4 is 0 Å². The molecule has 1 aliphatic carbocycles. The number of benzene rings is 2. The summed E-state index contributed by atoms with van der Waals surface area (Å²) in [6.07, 6.45) is -6.21. The minimum atomic E-state index is -4.86. The number of allylic oxidation sites excluding steroid dienone is 1. The Kier molecular flexibility index (Phi) is 5.11. The van der Waals surface area contributed by atoms with Gasteiger partial charge in [-0.1, -0.05) is 37.6 Å². The van der Waals surface area contributed by atoms with Gasteiger partial charge >= 0.3 is 12.4 Å². The first kappa shape index (κ1) is 20.5. The van der Waals surface area contributed by atoms with E-state index < -0.39 is 23.5 Å². The van der Waals surface area contributed by atoms with Crippen LogP contribution in [0.4, 0.5) is 26.3 Å². The molecule has 0 bridgehead atoms. The van der Waals surface area contributed by atoms with Gasteiger partial charge in [0.15, 0.2) is 0 Å². The number of halogens is 6. The molecule has 1 atom stereocenters. The fourth-order valence-corrected chi connectivity index (χ4v) is 3.61. The van der Waals surface area contributed by atoms with Crippen LogP contribution in [0.25, 0.3) is 17.2 Å². The molecule has 0 saturated carbocycles. The molecule has 0 nitrogen and oxygen atoms in total. The first-order valence-electron chi connectivity index (χ1n) is 9.04. The zero-order valence-corrected chi connectivity index (χ0v) is 15.7. The number of hydrogen-bond acceptors (Lipinski definition) is 0. The van der Waals surface area contributed by atoms with Crippen LogP contribution >= 0.6 is 0 Å². The molecule has 0 aromatic heterocycles. The van der Waals surface area contributed by atoms with Gasteiger partial charge in [0.05, 0.1) is 11.1 Å². The van der Waals surface area contributed by atoms with E-state index in [0.717, 1.165) is 35.3 Å². The molecule has 2 aromatic rings. The number of rotatable bonds is 3. The van der Waals surface area contributed by atoms with E-state index in [0.29, 0.717) is 23.5 Å². The molecule has 0 fully saturated rings. The van der Waals surface area contributed by atoms with Crippen LogP contribution in [-0.2, 0) is 18.8 Å². The zero-order valence-electron chi connectivity index (χ0n) is 15.7. The Morgan fingerprint density at radius 3 is 2.00 bits per heavy atom. The molecule has 2 aromatic carbocycles. The Balaban J connectivity index is 2.26. The number of aryl methyl sites for hydroxylation is 1. The lowest BCUT2D eigenvalue weighted by atomic mass is 9.90. The summed E-state index contributed by atoms with van der Waals surface area (Å²) in [6.45, 7) is 5.82. The van der Waals surface area contributed by atoms with Gasteiger partial charge in [-0.05, 0) is 71.7 Å². The van der Waals surface area contributed by atoms with E-state index in [4.69, 9.17) is 0 Å². The normalized spacial score (nSPS) is 15.4. The van der Waals surface area contributed by atoms with Crippen LogP contribution in [-0.4, -0.2) is 0 Å². The fraction of sp³-hybridized carbons (Fsp3) is 0.364. The molecule has 0 amide bonds. The van der Waals surface area contributed by atoms with Crippen molar-refractivity contribution >= 4 is 6.08 Å². The van der Waals surface area contributed by atoms with Crippen LogP contribution in [0.2, 0.25) is 0 Å². The Bertz CT molecular complexity index is 899. The standard InChI is InChI=1S/C22H20F6/c1-4-12(2)15-7-14-6-5-13(3)20(19(14)10-15)16-8-17(21(23,24)25)11-18(9-16)22(26,27)28/h5-6,8-12H,4,7H2,1-3H3. The molecule has 0 heterocycles. The molecule has 0 saturated heterocycles. The smallest absolute Gasteiger partial charge is 0.166 e. The molecular formula is C22H20F6. The fourth-order valence-electron chi connectivity index (χ4n) is 3.61. The molecule has 6 heteroatoms. The van der Waals surface area contributed by atoms with Gasteiger partial charge in [-0.3, -0.25) is 0 Å². The highest BCUT2D eigenvalue weighted by Gasteiger charge is 2.37. The molecule has 0 N–H and O–H groups in total. The lowest BCUT2D eigenvalue weighted by Crippen LogP contribution is -2.11. The van der Waals surface area contributed by atoms with E-state index in [1.165, 1.54) is 0 Å². The maximum Gasteiger partial charge on any atom is 0.416 e. The SMILES string of the molecule is CCC(C)C1=Cc2c(ccc(C)c2-c2cc(C(F)(F)F)cc(C(F)(F)F)c2)C1. The summed E-state index contributed by atoms with van der Waals surface area (Å²) >= 11 is 0. The van der Waals surface area contributed by atoms with Crippen LogP contribution in [0, 0.1) is 12.8 Å². The van der Waals surface area contributed by atoms with Gasteiger partial charge in [0.2, 0.25) is 0 Å². The van der Waals surface area contributed by atoms with Crippen molar-refractivity contribution < 1.29 is 26.3 Å². The van der Waals surface area contributed by atoms with Crippen LogP contribution in [0.15, 0.2) is 35.9 Å². The highest BCUT2D eigenvalue weighted by atomic mass is 19.4. The predicted octanol–water partition coefficient (Wildman–Crippen LogP) is 7.69. The lowest BCUT2D eigenvalue weighted by molar-refractivity contribution is -0.143. The monoisotopic (exact) mass is 398 g/mol. The van der Waals surface area contributed by atoms with Gasteiger partial charge in [-0.2, -0.15) is 26.3 Å². The molecule has 150 valence electrons. The maximum atomic E-state index is 13.3. The van der Waals surface area contributed by atoms with Gasteiger partial charge in [-0.15, -0.1) is 0 Å². The third kappa shape index (κ3) is 3.82. The summed E-state index contributed by atoms with van der Waals surface area (Å²) in [5.41, 5.74) is 1.24. The summed E-state index contributed by atoms with van der Waals surface area (Å²) in [7, 11) is 0. The van der Waals surface area contributed by atoms with E-state index in [1.807, 2.05) is 19.1 Å². The maximum absolute atomic E-state index is 13.3. The predicted molar refractivity (Wildman–Crippen MR) is 97.8 cm³/mol. The zero-order chi connectivity index (χ0) is 20.9. The van der Waals surface area contributed by atoms with Crippen molar-refractivity contribution in [2.24, 2.45) is 5.92 Å². The summed E-state index contributed by atoms with van der Waals surface area (Å²) in [4.78, 5) is 0. The van der Waals surface area contributed by atoms with E-state index in [9.17, 15) is 26.3 Å². The minimum Gasteiger partial charge on any atom is -0.166 e. The van der Waals surface area contributed by atoms with Crippen molar-refractivity contribution in [2.45, 2.75) is 46.0 Å². The second kappa shape index (κ2) is 6.98. The van der Waals surface area contributed by atoms with Crippen LogP contribution in [0.3, 0.4) is 0 Å². The van der Waals surface area contributed by atoms with Gasteiger partial charge in [0.1, 0.15) is 0 Å². The Hall–Kier alpha value is -2.24. The van der Waals surface area contributed by atoms with E-state index in [-0.39, 0.29) is 11.6 Å². The number of fused-ring (bicyclic) bond motifs is 1. The molecule has 1 unspecified atom stereocenters. The molecule has 28 heavy (non-hydrogen) atoms. The summed E-state index contributed by atoms with van der Waals surface area (Å²) in [5, 5.41) is 0. The van der Waals surface area contributed by atoms with Crippen molar-refractivity contribution in [2.75, 3.05) is 0 Å². The second-order valence-electron chi connectivity index (χ2n) is 7.33. The van der Waals surface area contributed by atoms with Gasteiger partial charge in [-0.25, -0.2) is 0 Å². The first-order chi connectivity index (χ1) is 12.9. The average Bonchev–Trinajstić information content (AvgIpc) is 3.03. The van der Waals surface area contributed by atoms with Crippen LogP contribution in [0.1, 0.15) is 48.1 Å². The largest absolute Gasteiger partial charge is 0.416 e. The third-order valence-electron chi connectivity index (χ3n) is 5.39. The Morgan fingerprint density at radius 2 is 1.50 bits per heavy atom. The Labute approximate surface area is 159 Å². The van der Waals surface area contributed by atoms with E-state index in [1.54, 1.807) is 13.0 Å². The number of alkyl halides is 6. The topological polar surface area (TPSA) is 0 Å². The molecule has 0 spiro atoms. The minimum absolute atomic E-state index is 0.0573. The quantitative estimate of drug-likeness (QED) is 0.465. The molecule has 1 aliphatic rings. The summed E-state index contributed by atoms with van der Waals surface area (Å²) in [5.74, 6) is 0.299. The van der Waals surface area contributed by atoms with Crippen molar-refractivity contribution in [3.8, 4) is 11.1 Å². The molecule has 0 aliphatic heterocycles. The molecule has 3 rings (SSSR count). The van der Waals surface area contributed by atoms with Crippen molar-refractivity contribution in [1.82, 2.24) is 0 Å². The van der Waals surface area contributed by atoms with E-state index >= 15 is 0 Å². The average molecular weight is 398 g/mol. The molecular weight excluding hydrogens is 378 g/mol. The molecule has 0 radical (unpaired) electrons. The highest BCUT2D eigenvalue weighted by Crippen LogP contribution is 2.43. The summed E-state index contributed by atoms with van der Waals surface area (Å²) < 4.78 is 79.6. The van der Waals surface area contributed by atoms with Crippen molar-refractivity contribution in [3.05, 3.63) is 63.7 Å². The first-order valence-corrected chi connectivity index (χ1v) is 9.04. The van der Waals surface area contributed by atoms with Crippen molar-refractivity contribution in [1.29, 1.82) is 0 Å². The summed E-state index contributed by atoms with van der Waals surface area (Å²) in [6, 6.07) is 5.45. The lowest BCUT2D eigenvalue weighted by Gasteiger charge is -2.17. The van der Waals surface area contributed by atoms with Crippen LogP contribution in [0.5, 0.6) is 0 Å². The Morgan fingerprint density at radius 1 is 0.929 bits per heavy atom. The second-order valence-corrected chi connectivity index (χ2v) is 7.33. The van der Waals surface area contributed by atoms with Gasteiger partial charge in [0, 0.05) is 0 Å².